The number of nitro groups is 1. The lowest BCUT2D eigenvalue weighted by molar-refractivity contribution is -0.394. The molecule has 9 heteroatoms. The van der Waals surface area contributed by atoms with E-state index >= 15 is 0 Å². The van der Waals surface area contributed by atoms with Gasteiger partial charge in [-0.1, -0.05) is 5.10 Å². The Morgan fingerprint density at radius 2 is 2.29 bits per heavy atom. The number of aromatic amines is 1. The van der Waals surface area contributed by atoms with Gasteiger partial charge in [-0.25, -0.2) is 0 Å². The topological polar surface area (TPSA) is 97.2 Å². The second-order valence-corrected chi connectivity index (χ2v) is 4.63. The van der Waals surface area contributed by atoms with E-state index in [1.54, 1.807) is 18.8 Å². The zero-order chi connectivity index (χ0) is 10.7. The molecule has 0 aliphatic heterocycles. The van der Waals surface area contributed by atoms with Crippen molar-refractivity contribution in [3.05, 3.63) is 10.1 Å². The molecule has 78 valence electrons. The monoisotopic (exact) mass is 219 g/mol. The molecular weight excluding hydrogens is 209 g/mol. The van der Waals surface area contributed by atoms with E-state index in [9.17, 15) is 10.1 Å². The lowest BCUT2D eigenvalue weighted by atomic mass is 11.1. The Kier molecular flexibility index (Phi) is 3.45. The third-order valence-corrected chi connectivity index (χ3v) is 2.96. The highest BCUT2D eigenvalue weighted by molar-refractivity contribution is 7.57. The Bertz CT molecular complexity index is 327. The Hall–Kier alpha value is -1.11. The van der Waals surface area contributed by atoms with E-state index in [-0.39, 0.29) is 5.95 Å². The highest BCUT2D eigenvalue weighted by Crippen LogP contribution is 2.34. The molecule has 0 aliphatic rings. The summed E-state index contributed by atoms with van der Waals surface area (Å²) >= 11 is 0. The molecule has 0 spiro atoms. The van der Waals surface area contributed by atoms with Crippen molar-refractivity contribution in [1.29, 1.82) is 0 Å². The SMILES string of the molecule is COP(c1n[nH]c([N+](=O)[O-])n1)N(C)C. The molecule has 0 bridgehead atoms. The molecule has 1 aromatic rings. The van der Waals surface area contributed by atoms with Crippen LogP contribution in [-0.2, 0) is 4.52 Å². The summed E-state index contributed by atoms with van der Waals surface area (Å²) in [4.78, 5) is 13.4. The van der Waals surface area contributed by atoms with Gasteiger partial charge in [0.1, 0.15) is 0 Å². The number of nitrogens with zero attached hydrogens (tertiary/aromatic N) is 4. The fourth-order valence-electron chi connectivity index (χ4n) is 0.836. The van der Waals surface area contributed by atoms with Crippen LogP contribution in [0.4, 0.5) is 5.95 Å². The first-order valence-corrected chi connectivity index (χ1v) is 4.85. The summed E-state index contributed by atoms with van der Waals surface area (Å²) < 4.78 is 6.88. The number of H-pyrrole nitrogens is 1. The van der Waals surface area contributed by atoms with Crippen LogP contribution in [0, 0.1) is 10.1 Å². The number of aromatic nitrogens is 3. The minimum Gasteiger partial charge on any atom is -0.390 e. The molecule has 1 aromatic heterocycles. The van der Waals surface area contributed by atoms with Crippen molar-refractivity contribution >= 4 is 19.8 Å². The standard InChI is InChI=1S/C5H10N5O3P/c1-9(2)14(13-3)5-6-4(7-8-5)10(11)12/h1-3H3,(H,6,7,8). The highest BCUT2D eigenvalue weighted by atomic mass is 31.2. The van der Waals surface area contributed by atoms with Gasteiger partial charge in [0.2, 0.25) is 0 Å². The second kappa shape index (κ2) is 4.41. The third-order valence-electron chi connectivity index (χ3n) is 1.34. The summed E-state index contributed by atoms with van der Waals surface area (Å²) in [6.45, 7) is 0. The van der Waals surface area contributed by atoms with E-state index in [1.807, 2.05) is 0 Å². The van der Waals surface area contributed by atoms with Gasteiger partial charge >= 0.3 is 11.5 Å². The average Bonchev–Trinajstić information content (AvgIpc) is 2.53. The first-order valence-electron chi connectivity index (χ1n) is 3.64. The fourth-order valence-corrected chi connectivity index (χ4v) is 2.00. The van der Waals surface area contributed by atoms with Crippen molar-refractivity contribution < 1.29 is 9.45 Å². The van der Waals surface area contributed by atoms with Crippen molar-refractivity contribution in [2.24, 2.45) is 0 Å². The summed E-state index contributed by atoms with van der Waals surface area (Å²) in [6, 6.07) is 0. The van der Waals surface area contributed by atoms with Crippen LogP contribution in [0.1, 0.15) is 0 Å². The van der Waals surface area contributed by atoms with Gasteiger partial charge < -0.3 is 14.6 Å². The molecule has 0 amide bonds. The van der Waals surface area contributed by atoms with Gasteiger partial charge in [-0.05, 0) is 24.0 Å². The Morgan fingerprint density at radius 1 is 1.64 bits per heavy atom. The maximum absolute atomic E-state index is 10.3. The quantitative estimate of drug-likeness (QED) is 0.430. The lowest BCUT2D eigenvalue weighted by Gasteiger charge is -2.15. The molecule has 0 saturated heterocycles. The molecule has 0 saturated carbocycles. The average molecular weight is 219 g/mol. The van der Waals surface area contributed by atoms with Gasteiger partial charge in [0.15, 0.2) is 8.30 Å². The molecular formula is C5H10N5O3P. The smallest absolute Gasteiger partial charge is 0.390 e. The van der Waals surface area contributed by atoms with Crippen LogP contribution in [0.5, 0.6) is 0 Å². The van der Waals surface area contributed by atoms with Gasteiger partial charge in [0, 0.05) is 7.11 Å². The van der Waals surface area contributed by atoms with Gasteiger partial charge in [0.25, 0.3) is 0 Å². The van der Waals surface area contributed by atoms with Crippen LogP contribution in [0.15, 0.2) is 0 Å². The molecule has 1 atom stereocenters. The predicted octanol–water partition coefficient (Wildman–Crippen LogP) is -0.142. The fraction of sp³-hybridized carbons (Fsp3) is 0.600. The van der Waals surface area contributed by atoms with Crippen LogP contribution in [0.2, 0.25) is 0 Å². The second-order valence-electron chi connectivity index (χ2n) is 2.52. The minimum atomic E-state index is -1.14. The lowest BCUT2D eigenvalue weighted by Crippen LogP contribution is -2.18. The number of rotatable bonds is 4. The van der Waals surface area contributed by atoms with Crippen molar-refractivity contribution in [2.45, 2.75) is 0 Å². The molecule has 0 fully saturated rings. The number of hydrogen-bond donors (Lipinski definition) is 1. The van der Waals surface area contributed by atoms with Crippen molar-refractivity contribution in [1.82, 2.24) is 19.9 Å². The van der Waals surface area contributed by atoms with E-state index in [0.717, 1.165) is 0 Å². The van der Waals surface area contributed by atoms with Crippen LogP contribution >= 0.6 is 8.30 Å². The van der Waals surface area contributed by atoms with Crippen molar-refractivity contribution in [3.8, 4) is 0 Å². The number of nitrogens with one attached hydrogen (secondary N) is 1. The maximum atomic E-state index is 10.3. The van der Waals surface area contributed by atoms with Crippen molar-refractivity contribution in [3.63, 3.8) is 0 Å². The van der Waals surface area contributed by atoms with Crippen LogP contribution in [0.25, 0.3) is 0 Å². The van der Waals surface area contributed by atoms with E-state index in [4.69, 9.17) is 4.52 Å². The Balaban J connectivity index is 2.89. The van der Waals surface area contributed by atoms with Crippen LogP contribution < -0.4 is 5.57 Å². The molecule has 1 N–H and O–H groups in total. The molecule has 0 aliphatic carbocycles. The van der Waals surface area contributed by atoms with Gasteiger partial charge in [0.05, 0.1) is 0 Å². The van der Waals surface area contributed by atoms with E-state index in [1.165, 1.54) is 7.11 Å². The first-order chi connectivity index (χ1) is 6.56. The number of hydrogen-bond acceptors (Lipinski definition) is 6. The van der Waals surface area contributed by atoms with Crippen LogP contribution in [-0.4, -0.2) is 46.0 Å². The molecule has 1 rings (SSSR count). The van der Waals surface area contributed by atoms with Gasteiger partial charge in [-0.15, -0.1) is 5.10 Å². The van der Waals surface area contributed by atoms with Gasteiger partial charge in [-0.3, -0.25) is 4.67 Å². The van der Waals surface area contributed by atoms with Crippen LogP contribution in [0.3, 0.4) is 0 Å². The van der Waals surface area contributed by atoms with Crippen molar-refractivity contribution in [2.75, 3.05) is 21.2 Å². The summed E-state index contributed by atoms with van der Waals surface area (Å²) in [5, 5.41) is 16.3. The van der Waals surface area contributed by atoms with E-state index in [0.29, 0.717) is 5.57 Å². The first kappa shape index (κ1) is 11.0. The largest absolute Gasteiger partial charge is 0.453 e. The Morgan fingerprint density at radius 3 is 2.64 bits per heavy atom. The van der Waals surface area contributed by atoms with E-state index < -0.39 is 13.2 Å². The van der Waals surface area contributed by atoms with E-state index in [2.05, 4.69) is 15.2 Å². The molecule has 1 unspecified atom stereocenters. The van der Waals surface area contributed by atoms with Gasteiger partial charge in [-0.2, -0.15) is 0 Å². The summed E-state index contributed by atoms with van der Waals surface area (Å²) in [6.07, 6.45) is 0. The molecule has 0 radical (unpaired) electrons. The zero-order valence-electron chi connectivity index (χ0n) is 7.96. The highest BCUT2D eigenvalue weighted by Gasteiger charge is 2.25. The predicted molar refractivity (Wildman–Crippen MR) is 50.3 cm³/mol. The summed E-state index contributed by atoms with van der Waals surface area (Å²) in [5.41, 5.74) is 0.305. The molecule has 0 aromatic carbocycles. The summed E-state index contributed by atoms with van der Waals surface area (Å²) in [7, 11) is 3.94. The maximum Gasteiger partial charge on any atom is 0.453 e. The Labute approximate surface area is 81.3 Å². The molecule has 1 heterocycles. The molecule has 14 heavy (non-hydrogen) atoms. The zero-order valence-corrected chi connectivity index (χ0v) is 8.86. The molecule has 8 nitrogen and oxygen atoms in total. The minimum absolute atomic E-state index is 0.305. The normalized spacial score (nSPS) is 13.1. The summed E-state index contributed by atoms with van der Waals surface area (Å²) in [5.74, 6) is -0.369. The third kappa shape index (κ3) is 2.22.